The lowest BCUT2D eigenvalue weighted by atomic mass is 10.0. The second kappa shape index (κ2) is 60.9. The smallest absolute Gasteiger partial charge is 0.306 e. The van der Waals surface area contributed by atoms with Crippen molar-refractivity contribution in [3.8, 4) is 0 Å². The number of esters is 3. The summed E-state index contributed by atoms with van der Waals surface area (Å²) in [4.78, 5) is 37.8. The van der Waals surface area contributed by atoms with Crippen LogP contribution >= 0.6 is 0 Å². The second-order valence-corrected chi connectivity index (χ2v) is 21.3. The van der Waals surface area contributed by atoms with Crippen molar-refractivity contribution in [3.05, 3.63) is 48.6 Å². The molecule has 72 heavy (non-hydrogen) atoms. The fourth-order valence-electron chi connectivity index (χ4n) is 9.38. The fraction of sp³-hybridized carbons (Fsp3) is 0.833. The molecular weight excluding hydrogens is 889 g/mol. The summed E-state index contributed by atoms with van der Waals surface area (Å²) in [6, 6.07) is 0. The van der Waals surface area contributed by atoms with E-state index in [0.717, 1.165) is 89.9 Å². The Morgan fingerprint density at radius 2 is 0.542 bits per heavy atom. The van der Waals surface area contributed by atoms with Crippen molar-refractivity contribution in [3.63, 3.8) is 0 Å². The van der Waals surface area contributed by atoms with E-state index in [0.29, 0.717) is 19.3 Å². The van der Waals surface area contributed by atoms with Crippen LogP contribution in [-0.2, 0) is 28.6 Å². The van der Waals surface area contributed by atoms with Gasteiger partial charge in [-0.2, -0.15) is 0 Å². The van der Waals surface area contributed by atoms with Gasteiger partial charge in [-0.05, 0) is 57.8 Å². The lowest BCUT2D eigenvalue weighted by molar-refractivity contribution is -0.167. The fourth-order valence-corrected chi connectivity index (χ4v) is 9.38. The van der Waals surface area contributed by atoms with Gasteiger partial charge in [0, 0.05) is 19.3 Å². The van der Waals surface area contributed by atoms with Crippen LogP contribution < -0.4 is 0 Å². The van der Waals surface area contributed by atoms with Gasteiger partial charge < -0.3 is 14.2 Å². The molecule has 0 amide bonds. The highest BCUT2D eigenvalue weighted by Crippen LogP contribution is 2.18. The van der Waals surface area contributed by atoms with Crippen LogP contribution in [0.2, 0.25) is 0 Å². The molecule has 0 saturated heterocycles. The van der Waals surface area contributed by atoms with Gasteiger partial charge in [0.05, 0.1) is 0 Å². The summed E-state index contributed by atoms with van der Waals surface area (Å²) in [6.07, 6.45) is 76.1. The number of carbonyl (C=O) groups excluding carboxylic acids is 3. The number of ether oxygens (including phenoxy) is 3. The normalized spacial score (nSPS) is 12.3. The summed E-state index contributed by atoms with van der Waals surface area (Å²) in [5, 5.41) is 0. The summed E-state index contributed by atoms with van der Waals surface area (Å²) in [6.45, 7) is 6.49. The van der Waals surface area contributed by atoms with Gasteiger partial charge in [0.25, 0.3) is 0 Å². The highest BCUT2D eigenvalue weighted by atomic mass is 16.6. The van der Waals surface area contributed by atoms with Crippen LogP contribution in [0.15, 0.2) is 48.6 Å². The third-order valence-electron chi connectivity index (χ3n) is 14.1. The van der Waals surface area contributed by atoms with E-state index in [2.05, 4.69) is 69.4 Å². The minimum atomic E-state index is -0.764. The maximum absolute atomic E-state index is 12.8. The van der Waals surface area contributed by atoms with E-state index in [-0.39, 0.29) is 31.1 Å². The van der Waals surface area contributed by atoms with E-state index in [1.165, 1.54) is 205 Å². The van der Waals surface area contributed by atoms with E-state index in [1.807, 2.05) is 0 Å². The monoisotopic (exact) mass is 1010 g/mol. The molecule has 0 saturated carbocycles. The zero-order chi connectivity index (χ0) is 52.2. The summed E-state index contributed by atoms with van der Waals surface area (Å²) < 4.78 is 16.8. The second-order valence-electron chi connectivity index (χ2n) is 21.3. The Morgan fingerprint density at radius 3 is 0.847 bits per heavy atom. The number of carbonyl (C=O) groups is 3. The van der Waals surface area contributed by atoms with Crippen molar-refractivity contribution in [1.82, 2.24) is 0 Å². The highest BCUT2D eigenvalue weighted by molar-refractivity contribution is 5.71. The van der Waals surface area contributed by atoms with Gasteiger partial charge in [-0.1, -0.05) is 307 Å². The lowest BCUT2D eigenvalue weighted by Gasteiger charge is -2.18. The molecule has 6 heteroatoms. The molecule has 6 nitrogen and oxygen atoms in total. The van der Waals surface area contributed by atoms with Crippen LogP contribution in [0.5, 0.6) is 0 Å². The van der Waals surface area contributed by atoms with E-state index in [1.54, 1.807) is 0 Å². The SMILES string of the molecule is CC/C=C\C/C=C\C/C=C\C/C=C\CCCCCCCCCCCCCCCCCCCCCCC(=O)OCC(COC(=O)CCCCCCC)OC(=O)CCCCCCCCCCCCCCCCCC. The van der Waals surface area contributed by atoms with Crippen LogP contribution in [0.25, 0.3) is 0 Å². The molecule has 420 valence electrons. The Hall–Kier alpha value is -2.63. The number of allylic oxidation sites excluding steroid dienone is 8. The van der Waals surface area contributed by atoms with Gasteiger partial charge in [-0.25, -0.2) is 0 Å². The number of hydrogen-bond acceptors (Lipinski definition) is 6. The van der Waals surface area contributed by atoms with Crippen LogP contribution in [0.1, 0.15) is 335 Å². The quantitative estimate of drug-likeness (QED) is 0.0261. The highest BCUT2D eigenvalue weighted by Gasteiger charge is 2.19. The summed E-state index contributed by atoms with van der Waals surface area (Å²) >= 11 is 0. The van der Waals surface area contributed by atoms with Crippen LogP contribution in [0, 0.1) is 0 Å². The van der Waals surface area contributed by atoms with Crippen molar-refractivity contribution < 1.29 is 28.6 Å². The molecule has 0 aromatic carbocycles. The molecule has 0 aromatic rings. The number of hydrogen-bond donors (Lipinski definition) is 0. The molecular formula is C66H120O6. The Morgan fingerprint density at radius 1 is 0.292 bits per heavy atom. The van der Waals surface area contributed by atoms with E-state index >= 15 is 0 Å². The molecule has 0 aliphatic rings. The Kier molecular flexibility index (Phi) is 58.7. The van der Waals surface area contributed by atoms with Crippen molar-refractivity contribution in [2.75, 3.05) is 13.2 Å². The van der Waals surface area contributed by atoms with E-state index < -0.39 is 6.10 Å². The maximum atomic E-state index is 12.8. The van der Waals surface area contributed by atoms with Crippen LogP contribution in [0.3, 0.4) is 0 Å². The summed E-state index contributed by atoms with van der Waals surface area (Å²) in [7, 11) is 0. The lowest BCUT2D eigenvalue weighted by Crippen LogP contribution is -2.30. The van der Waals surface area contributed by atoms with E-state index in [4.69, 9.17) is 14.2 Å². The average Bonchev–Trinajstić information content (AvgIpc) is 3.38. The van der Waals surface area contributed by atoms with Crippen molar-refractivity contribution in [1.29, 1.82) is 0 Å². The molecule has 0 radical (unpaired) electrons. The van der Waals surface area contributed by atoms with Gasteiger partial charge in [0.15, 0.2) is 6.10 Å². The molecule has 0 bridgehead atoms. The first-order chi connectivity index (χ1) is 35.5. The molecule has 0 N–H and O–H groups in total. The Bertz CT molecular complexity index is 1250. The predicted molar refractivity (Wildman–Crippen MR) is 312 cm³/mol. The van der Waals surface area contributed by atoms with Gasteiger partial charge in [-0.15, -0.1) is 0 Å². The minimum Gasteiger partial charge on any atom is -0.462 e. The zero-order valence-electron chi connectivity index (χ0n) is 48.2. The molecule has 0 aliphatic heterocycles. The standard InChI is InChI=1S/C66H120O6/c1-4-7-10-13-15-17-19-21-23-25-26-27-28-29-30-31-32-33-34-35-36-37-38-39-40-41-43-44-46-48-50-53-56-59-65(68)71-62-63(61-70-64(67)58-55-52-12-9-6-3)72-66(69)60-57-54-51-49-47-45-42-24-22-20-18-16-14-11-8-5-2/h7,10,15,17,21,23,26-27,63H,4-6,8-9,11-14,16,18-20,22,24-25,28-62H2,1-3H3/b10-7-,17-15-,23-21-,27-26-. The largest absolute Gasteiger partial charge is 0.462 e. The summed E-state index contributed by atoms with van der Waals surface area (Å²) in [5.74, 6) is -0.860. The molecule has 0 aliphatic carbocycles. The Labute approximate surface area is 448 Å². The average molecular weight is 1010 g/mol. The zero-order valence-corrected chi connectivity index (χ0v) is 48.2. The first-order valence-electron chi connectivity index (χ1n) is 31.6. The van der Waals surface area contributed by atoms with Gasteiger partial charge in [0.2, 0.25) is 0 Å². The molecule has 0 heterocycles. The molecule has 1 atom stereocenters. The van der Waals surface area contributed by atoms with Gasteiger partial charge in [-0.3, -0.25) is 14.4 Å². The first-order valence-corrected chi connectivity index (χ1v) is 31.6. The number of rotatable bonds is 58. The first kappa shape index (κ1) is 69.4. The third kappa shape index (κ3) is 58.3. The molecule has 0 fully saturated rings. The topological polar surface area (TPSA) is 78.9 Å². The molecule has 0 rings (SSSR count). The molecule has 0 spiro atoms. The van der Waals surface area contributed by atoms with Gasteiger partial charge >= 0.3 is 17.9 Å². The van der Waals surface area contributed by atoms with Crippen molar-refractivity contribution in [2.24, 2.45) is 0 Å². The third-order valence-corrected chi connectivity index (χ3v) is 14.1. The van der Waals surface area contributed by atoms with Crippen molar-refractivity contribution in [2.45, 2.75) is 341 Å². The van der Waals surface area contributed by atoms with Crippen molar-refractivity contribution >= 4 is 17.9 Å². The van der Waals surface area contributed by atoms with Crippen LogP contribution in [0.4, 0.5) is 0 Å². The van der Waals surface area contributed by atoms with E-state index in [9.17, 15) is 14.4 Å². The molecule has 1 unspecified atom stereocenters. The Balaban J connectivity index is 3.89. The van der Waals surface area contributed by atoms with Crippen LogP contribution in [-0.4, -0.2) is 37.2 Å². The number of unbranched alkanes of at least 4 members (excludes halogenated alkanes) is 39. The predicted octanol–water partition coefficient (Wildman–Crippen LogP) is 21.4. The maximum Gasteiger partial charge on any atom is 0.306 e. The molecule has 0 aromatic heterocycles. The van der Waals surface area contributed by atoms with Gasteiger partial charge in [0.1, 0.15) is 13.2 Å². The summed E-state index contributed by atoms with van der Waals surface area (Å²) in [5.41, 5.74) is 0. The minimum absolute atomic E-state index is 0.0669.